The summed E-state index contributed by atoms with van der Waals surface area (Å²) in [6, 6.07) is 0. The van der Waals surface area contributed by atoms with Crippen LogP contribution in [0.25, 0.3) is 11.2 Å². The number of aromatic nitrogens is 4. The summed E-state index contributed by atoms with van der Waals surface area (Å²) in [5.74, 6) is -0.184. The number of hydrogen-bond acceptors (Lipinski definition) is 9. The Bertz CT molecular complexity index is 966. The molecule has 0 saturated heterocycles. The van der Waals surface area contributed by atoms with Crippen molar-refractivity contribution in [1.29, 1.82) is 0 Å². The lowest BCUT2D eigenvalue weighted by Crippen LogP contribution is -2.44. The average Bonchev–Trinajstić information content (AvgIpc) is 2.94. The summed E-state index contributed by atoms with van der Waals surface area (Å²) in [6.07, 6.45) is -0.454. The summed E-state index contributed by atoms with van der Waals surface area (Å²) in [6.45, 7) is 15.1. The van der Waals surface area contributed by atoms with Gasteiger partial charge in [-0.05, 0) is 62.3 Å². The molecule has 0 aliphatic carbocycles. The van der Waals surface area contributed by atoms with E-state index in [9.17, 15) is 14.4 Å². The van der Waals surface area contributed by atoms with E-state index in [1.807, 2.05) is 0 Å². The maximum Gasteiger partial charge on any atom is 0.425 e. The van der Waals surface area contributed by atoms with Crippen molar-refractivity contribution in [3.63, 3.8) is 0 Å². The highest BCUT2D eigenvalue weighted by molar-refractivity contribution is 6.12. The summed E-state index contributed by atoms with van der Waals surface area (Å²) in [4.78, 5) is 51.1. The predicted molar refractivity (Wildman–Crippen MR) is 112 cm³/mol. The Hall–Kier alpha value is -3.24. The summed E-state index contributed by atoms with van der Waals surface area (Å²) in [5, 5.41) is 0. The smallest absolute Gasteiger partial charge is 0.425 e. The molecule has 0 radical (unpaired) electrons. The minimum absolute atomic E-state index is 0.0186. The molecule has 2 aromatic heterocycles. The highest BCUT2D eigenvalue weighted by Gasteiger charge is 2.36. The first-order valence-corrected chi connectivity index (χ1v) is 9.66. The lowest BCUT2D eigenvalue weighted by molar-refractivity contribution is 0.0427. The Kier molecular flexibility index (Phi) is 6.30. The zero-order valence-corrected chi connectivity index (χ0v) is 19.3. The zero-order chi connectivity index (χ0) is 23.8. The number of nitrogens with zero attached hydrogens (tertiary/aromatic N) is 5. The normalized spacial score (nSPS) is 12.4. The Balaban J connectivity index is 2.58. The van der Waals surface area contributed by atoms with Gasteiger partial charge in [0.05, 0.1) is 0 Å². The van der Waals surface area contributed by atoms with Crippen LogP contribution in [-0.2, 0) is 14.2 Å². The number of carbonyl (C=O) groups is 3. The standard InChI is InChI=1S/C20H29N5O6/c1-18(2,3)29-15(26)24-11-23-12-13(24)21-10-22-14(12)25(16(27)30-19(4,5)6)17(28)31-20(7,8)9/h10-11H,1-9H3. The van der Waals surface area contributed by atoms with Gasteiger partial charge in [0.2, 0.25) is 0 Å². The minimum atomic E-state index is -1.01. The van der Waals surface area contributed by atoms with Crippen molar-refractivity contribution in [2.45, 2.75) is 79.1 Å². The molecule has 0 N–H and O–H groups in total. The van der Waals surface area contributed by atoms with Crippen molar-refractivity contribution in [3.05, 3.63) is 12.7 Å². The molecular weight excluding hydrogens is 406 g/mol. The fourth-order valence-electron chi connectivity index (χ4n) is 2.29. The van der Waals surface area contributed by atoms with Gasteiger partial charge < -0.3 is 14.2 Å². The van der Waals surface area contributed by atoms with Crippen molar-refractivity contribution >= 4 is 35.3 Å². The third-order valence-electron chi connectivity index (χ3n) is 3.27. The van der Waals surface area contributed by atoms with Crippen LogP contribution in [0.4, 0.5) is 20.2 Å². The van der Waals surface area contributed by atoms with Gasteiger partial charge in [0.15, 0.2) is 17.0 Å². The molecule has 0 aliphatic heterocycles. The Morgan fingerprint density at radius 1 is 0.774 bits per heavy atom. The van der Waals surface area contributed by atoms with Crippen molar-refractivity contribution in [3.8, 4) is 0 Å². The predicted octanol–water partition coefficient (Wildman–Crippen LogP) is 4.29. The van der Waals surface area contributed by atoms with Gasteiger partial charge in [0, 0.05) is 0 Å². The lowest BCUT2D eigenvalue weighted by atomic mass is 10.2. The molecule has 2 amide bonds. The van der Waals surface area contributed by atoms with E-state index >= 15 is 0 Å². The van der Waals surface area contributed by atoms with Crippen LogP contribution in [0.2, 0.25) is 0 Å². The first-order valence-electron chi connectivity index (χ1n) is 9.66. The van der Waals surface area contributed by atoms with E-state index < -0.39 is 35.1 Å². The second-order valence-corrected chi connectivity index (χ2v) is 9.76. The molecule has 2 rings (SSSR count). The molecule has 11 nitrogen and oxygen atoms in total. The number of fused-ring (bicyclic) bond motifs is 1. The second kappa shape index (κ2) is 8.12. The Labute approximate surface area is 180 Å². The highest BCUT2D eigenvalue weighted by atomic mass is 16.6. The van der Waals surface area contributed by atoms with Gasteiger partial charge in [-0.2, -0.15) is 4.90 Å². The van der Waals surface area contributed by atoms with E-state index in [1.54, 1.807) is 62.3 Å². The van der Waals surface area contributed by atoms with Crippen LogP contribution in [0, 0.1) is 0 Å². The number of imidazole rings is 1. The quantitative estimate of drug-likeness (QED) is 0.603. The number of amides is 2. The molecule has 11 heteroatoms. The Morgan fingerprint density at radius 2 is 1.26 bits per heavy atom. The number of ether oxygens (including phenoxy) is 3. The molecule has 0 aliphatic rings. The van der Waals surface area contributed by atoms with E-state index in [1.165, 1.54) is 6.33 Å². The van der Waals surface area contributed by atoms with Gasteiger partial charge in [-0.3, -0.25) is 0 Å². The van der Waals surface area contributed by atoms with Crippen LogP contribution in [0.15, 0.2) is 12.7 Å². The monoisotopic (exact) mass is 435 g/mol. The van der Waals surface area contributed by atoms with Crippen LogP contribution >= 0.6 is 0 Å². The number of hydrogen-bond donors (Lipinski definition) is 0. The average molecular weight is 435 g/mol. The van der Waals surface area contributed by atoms with Crippen molar-refractivity contribution < 1.29 is 28.6 Å². The largest absolute Gasteiger partial charge is 0.443 e. The molecule has 31 heavy (non-hydrogen) atoms. The molecular formula is C20H29N5O6. The summed E-state index contributed by atoms with van der Waals surface area (Å²) < 4.78 is 17.1. The molecule has 0 fully saturated rings. The second-order valence-electron chi connectivity index (χ2n) is 9.76. The van der Waals surface area contributed by atoms with Crippen molar-refractivity contribution in [2.75, 3.05) is 4.90 Å². The molecule has 170 valence electrons. The van der Waals surface area contributed by atoms with Gasteiger partial charge in [-0.25, -0.2) is 33.9 Å². The fourth-order valence-corrected chi connectivity index (χ4v) is 2.29. The van der Waals surface area contributed by atoms with Crippen molar-refractivity contribution in [1.82, 2.24) is 19.5 Å². The summed E-state index contributed by atoms with van der Waals surface area (Å²) >= 11 is 0. The lowest BCUT2D eigenvalue weighted by Gasteiger charge is -2.28. The summed E-state index contributed by atoms with van der Waals surface area (Å²) in [5.41, 5.74) is -2.46. The molecule has 0 spiro atoms. The van der Waals surface area contributed by atoms with E-state index in [0.717, 1.165) is 10.9 Å². The first-order chi connectivity index (χ1) is 14.0. The third-order valence-corrected chi connectivity index (χ3v) is 3.27. The fraction of sp³-hybridized carbons (Fsp3) is 0.600. The number of anilines is 1. The minimum Gasteiger partial charge on any atom is -0.443 e. The van der Waals surface area contributed by atoms with E-state index in [4.69, 9.17) is 14.2 Å². The highest BCUT2D eigenvalue weighted by Crippen LogP contribution is 2.26. The van der Waals surface area contributed by atoms with E-state index in [-0.39, 0.29) is 17.0 Å². The number of rotatable bonds is 1. The molecule has 0 aromatic carbocycles. The topological polar surface area (TPSA) is 126 Å². The van der Waals surface area contributed by atoms with E-state index in [0.29, 0.717) is 4.90 Å². The summed E-state index contributed by atoms with van der Waals surface area (Å²) in [7, 11) is 0. The SMILES string of the molecule is CC(C)(C)OC(=O)N(C(=O)OC(C)(C)C)c1ncnc2c1ncn2C(=O)OC(C)(C)C. The van der Waals surface area contributed by atoms with Gasteiger partial charge in [0.1, 0.15) is 29.5 Å². The zero-order valence-electron chi connectivity index (χ0n) is 19.3. The van der Waals surface area contributed by atoms with Gasteiger partial charge >= 0.3 is 18.3 Å². The van der Waals surface area contributed by atoms with Crippen LogP contribution in [0.3, 0.4) is 0 Å². The van der Waals surface area contributed by atoms with Crippen molar-refractivity contribution in [2.24, 2.45) is 0 Å². The third kappa shape index (κ3) is 6.37. The maximum absolute atomic E-state index is 12.9. The van der Waals surface area contributed by atoms with Crippen LogP contribution in [0.5, 0.6) is 0 Å². The van der Waals surface area contributed by atoms with Crippen LogP contribution < -0.4 is 4.90 Å². The number of imide groups is 1. The number of carbonyl (C=O) groups excluding carboxylic acids is 3. The molecule has 0 unspecified atom stereocenters. The molecule has 2 aromatic rings. The molecule has 0 atom stereocenters. The first kappa shape index (κ1) is 24.0. The van der Waals surface area contributed by atoms with E-state index in [2.05, 4.69) is 15.0 Å². The Morgan fingerprint density at radius 3 is 1.71 bits per heavy atom. The molecule has 0 bridgehead atoms. The van der Waals surface area contributed by atoms with Gasteiger partial charge in [-0.1, -0.05) is 0 Å². The molecule has 0 saturated carbocycles. The maximum atomic E-state index is 12.9. The van der Waals surface area contributed by atoms with Gasteiger partial charge in [0.25, 0.3) is 0 Å². The van der Waals surface area contributed by atoms with Crippen LogP contribution in [0.1, 0.15) is 62.3 Å². The van der Waals surface area contributed by atoms with Crippen LogP contribution in [-0.4, -0.2) is 54.6 Å². The molecule has 2 heterocycles. The van der Waals surface area contributed by atoms with Gasteiger partial charge in [-0.15, -0.1) is 0 Å².